The van der Waals surface area contributed by atoms with Gasteiger partial charge in [-0.05, 0) is 41.5 Å². The van der Waals surface area contributed by atoms with Crippen LogP contribution in [0.15, 0.2) is 48.0 Å². The van der Waals surface area contributed by atoms with Crippen molar-refractivity contribution in [2.24, 2.45) is 0 Å². The topological polar surface area (TPSA) is 91.6 Å². The van der Waals surface area contributed by atoms with E-state index >= 15 is 0 Å². The largest absolute Gasteiger partial charge is 0.504 e. The Morgan fingerprint density at radius 2 is 1.92 bits per heavy atom. The fraction of sp³-hybridized carbons (Fsp3) is 0.158. The van der Waals surface area contributed by atoms with Crippen molar-refractivity contribution < 1.29 is 19.4 Å². The Kier molecular flexibility index (Phi) is 6.02. The van der Waals surface area contributed by atoms with Gasteiger partial charge in [-0.1, -0.05) is 18.2 Å². The van der Waals surface area contributed by atoms with Gasteiger partial charge in [0.05, 0.1) is 14.2 Å². The van der Waals surface area contributed by atoms with Crippen molar-refractivity contribution in [1.82, 2.24) is 5.32 Å². The predicted octanol–water partition coefficient (Wildman–Crippen LogP) is 2.63. The summed E-state index contributed by atoms with van der Waals surface area (Å²) < 4.78 is 10.0. The van der Waals surface area contributed by atoms with E-state index in [1.165, 1.54) is 19.3 Å². The molecule has 0 fully saturated rings. The Morgan fingerprint density at radius 1 is 1.20 bits per heavy atom. The van der Waals surface area contributed by atoms with Gasteiger partial charge in [-0.3, -0.25) is 4.79 Å². The highest BCUT2D eigenvalue weighted by Gasteiger charge is 2.10. The number of amides is 1. The fourth-order valence-electron chi connectivity index (χ4n) is 2.13. The lowest BCUT2D eigenvalue weighted by Gasteiger charge is -2.06. The van der Waals surface area contributed by atoms with Crippen LogP contribution in [0, 0.1) is 11.3 Å². The molecule has 0 radical (unpaired) electrons. The summed E-state index contributed by atoms with van der Waals surface area (Å²) in [6.45, 7) is 0.287. The summed E-state index contributed by atoms with van der Waals surface area (Å²) in [5, 5.41) is 21.7. The number of nitrogens with one attached hydrogen (secondary N) is 1. The number of carbonyl (C=O) groups is 1. The van der Waals surface area contributed by atoms with Gasteiger partial charge in [-0.2, -0.15) is 5.26 Å². The quantitative estimate of drug-likeness (QED) is 0.624. The maximum Gasteiger partial charge on any atom is 0.262 e. The van der Waals surface area contributed by atoms with Crippen LogP contribution in [0.25, 0.3) is 6.08 Å². The number of ether oxygens (including phenoxy) is 2. The van der Waals surface area contributed by atoms with E-state index in [0.29, 0.717) is 11.3 Å². The van der Waals surface area contributed by atoms with Crippen molar-refractivity contribution in [1.29, 1.82) is 5.26 Å². The third-order valence-electron chi connectivity index (χ3n) is 3.49. The van der Waals surface area contributed by atoms with Gasteiger partial charge in [0.1, 0.15) is 17.4 Å². The Bertz CT molecular complexity index is 820. The van der Waals surface area contributed by atoms with Crippen molar-refractivity contribution >= 4 is 12.0 Å². The highest BCUT2D eigenvalue weighted by Crippen LogP contribution is 2.27. The van der Waals surface area contributed by atoms with Gasteiger partial charge in [0.15, 0.2) is 11.5 Å². The molecule has 0 saturated carbocycles. The zero-order valence-electron chi connectivity index (χ0n) is 13.9. The Hall–Kier alpha value is -3.46. The molecule has 0 atom stereocenters. The van der Waals surface area contributed by atoms with Gasteiger partial charge in [-0.15, -0.1) is 0 Å². The first-order valence-corrected chi connectivity index (χ1v) is 7.47. The van der Waals surface area contributed by atoms with Crippen molar-refractivity contribution in [3.05, 3.63) is 59.2 Å². The van der Waals surface area contributed by atoms with Gasteiger partial charge < -0.3 is 19.9 Å². The number of methoxy groups -OCH3 is 2. The molecule has 2 aromatic rings. The molecule has 1 amide bonds. The number of rotatable bonds is 6. The summed E-state index contributed by atoms with van der Waals surface area (Å²) in [6.07, 6.45) is 1.41. The first kappa shape index (κ1) is 17.9. The average Bonchev–Trinajstić information content (AvgIpc) is 2.64. The maximum absolute atomic E-state index is 12.2. The number of benzene rings is 2. The third-order valence-corrected chi connectivity index (χ3v) is 3.49. The zero-order chi connectivity index (χ0) is 18.2. The number of phenolic OH excluding ortho intramolecular Hbond substituents is 1. The monoisotopic (exact) mass is 338 g/mol. The average molecular weight is 338 g/mol. The number of nitriles is 1. The summed E-state index contributed by atoms with van der Waals surface area (Å²) in [4.78, 5) is 12.2. The number of phenols is 1. The van der Waals surface area contributed by atoms with Crippen molar-refractivity contribution in [3.63, 3.8) is 0 Å². The van der Waals surface area contributed by atoms with Crippen LogP contribution in [0.1, 0.15) is 11.1 Å². The summed E-state index contributed by atoms with van der Waals surface area (Å²) >= 11 is 0. The van der Waals surface area contributed by atoms with Crippen LogP contribution < -0.4 is 14.8 Å². The van der Waals surface area contributed by atoms with Crippen LogP contribution in [0.4, 0.5) is 0 Å². The number of aromatic hydroxyl groups is 1. The molecule has 2 rings (SSSR count). The van der Waals surface area contributed by atoms with Gasteiger partial charge in [-0.25, -0.2) is 0 Å². The molecule has 2 N–H and O–H groups in total. The molecule has 0 heterocycles. The minimum atomic E-state index is -0.492. The van der Waals surface area contributed by atoms with Crippen molar-refractivity contribution in [2.75, 3.05) is 14.2 Å². The van der Waals surface area contributed by atoms with Crippen LogP contribution in [-0.2, 0) is 11.3 Å². The number of hydrogen-bond donors (Lipinski definition) is 2. The molecule has 0 aliphatic rings. The van der Waals surface area contributed by atoms with E-state index < -0.39 is 5.91 Å². The Labute approximate surface area is 145 Å². The molecule has 6 heteroatoms. The molecule has 0 spiro atoms. The van der Waals surface area contributed by atoms with Crippen LogP contribution >= 0.6 is 0 Å². The maximum atomic E-state index is 12.2. The molecule has 0 saturated heterocycles. The molecular formula is C19H18N2O4. The van der Waals surface area contributed by atoms with Gasteiger partial charge in [0.25, 0.3) is 5.91 Å². The lowest BCUT2D eigenvalue weighted by Crippen LogP contribution is -2.23. The lowest BCUT2D eigenvalue weighted by atomic mass is 10.1. The number of carbonyl (C=O) groups excluding carboxylic acids is 1. The smallest absolute Gasteiger partial charge is 0.262 e. The molecule has 6 nitrogen and oxygen atoms in total. The molecule has 0 aromatic heterocycles. The molecule has 2 aromatic carbocycles. The van der Waals surface area contributed by atoms with Crippen LogP contribution in [0.3, 0.4) is 0 Å². The normalized spacial score (nSPS) is 10.7. The highest BCUT2D eigenvalue weighted by molar-refractivity contribution is 6.01. The van der Waals surface area contributed by atoms with E-state index in [0.717, 1.165) is 11.3 Å². The summed E-state index contributed by atoms with van der Waals surface area (Å²) in [6, 6.07) is 13.7. The zero-order valence-corrected chi connectivity index (χ0v) is 13.9. The number of nitrogens with zero attached hydrogens (tertiary/aromatic N) is 1. The third kappa shape index (κ3) is 4.75. The minimum Gasteiger partial charge on any atom is -0.504 e. The molecule has 0 aliphatic carbocycles. The molecule has 0 bridgehead atoms. The first-order valence-electron chi connectivity index (χ1n) is 7.47. The van der Waals surface area contributed by atoms with Crippen LogP contribution in [0.5, 0.6) is 17.2 Å². The van der Waals surface area contributed by atoms with E-state index in [1.807, 2.05) is 18.2 Å². The van der Waals surface area contributed by atoms with E-state index in [1.54, 1.807) is 31.4 Å². The summed E-state index contributed by atoms with van der Waals surface area (Å²) in [5.41, 5.74) is 1.35. The highest BCUT2D eigenvalue weighted by atomic mass is 16.5. The molecule has 25 heavy (non-hydrogen) atoms. The molecule has 0 unspecified atom stereocenters. The second kappa shape index (κ2) is 8.41. The minimum absolute atomic E-state index is 0.0573. The predicted molar refractivity (Wildman–Crippen MR) is 93.1 cm³/mol. The van der Waals surface area contributed by atoms with E-state index in [4.69, 9.17) is 9.47 Å². The molecular weight excluding hydrogens is 320 g/mol. The second-order valence-electron chi connectivity index (χ2n) is 5.13. The summed E-state index contributed by atoms with van der Waals surface area (Å²) in [7, 11) is 3.02. The van der Waals surface area contributed by atoms with Gasteiger partial charge in [0.2, 0.25) is 0 Å². The lowest BCUT2D eigenvalue weighted by molar-refractivity contribution is -0.117. The van der Waals surface area contributed by atoms with Gasteiger partial charge in [0, 0.05) is 6.54 Å². The first-order chi connectivity index (χ1) is 12.1. The summed E-state index contributed by atoms with van der Waals surface area (Å²) in [5.74, 6) is 0.493. The Balaban J connectivity index is 2.07. The van der Waals surface area contributed by atoms with Crippen LogP contribution in [-0.4, -0.2) is 25.2 Å². The second-order valence-corrected chi connectivity index (χ2v) is 5.13. The number of hydrogen-bond acceptors (Lipinski definition) is 5. The SMILES string of the molecule is COc1ccc(CNC(=O)/C(C#N)=C/c2ccc(OC)c(O)c2)cc1. The van der Waals surface area contributed by atoms with Crippen molar-refractivity contribution in [2.45, 2.75) is 6.54 Å². The Morgan fingerprint density at radius 3 is 2.48 bits per heavy atom. The standard InChI is InChI=1S/C19H18N2O4/c1-24-16-6-3-13(4-7-16)12-21-19(23)15(11-20)9-14-5-8-18(25-2)17(22)10-14/h3-10,22H,12H2,1-2H3,(H,21,23)/b15-9+. The van der Waals surface area contributed by atoms with Gasteiger partial charge >= 0.3 is 0 Å². The fourth-order valence-corrected chi connectivity index (χ4v) is 2.13. The van der Waals surface area contributed by atoms with Crippen molar-refractivity contribution in [3.8, 4) is 23.3 Å². The van der Waals surface area contributed by atoms with E-state index in [2.05, 4.69) is 5.32 Å². The van der Waals surface area contributed by atoms with E-state index in [-0.39, 0.29) is 17.9 Å². The molecule has 0 aliphatic heterocycles. The van der Waals surface area contributed by atoms with E-state index in [9.17, 15) is 15.2 Å². The van der Waals surface area contributed by atoms with Crippen LogP contribution in [0.2, 0.25) is 0 Å². The molecule has 128 valence electrons.